The summed E-state index contributed by atoms with van der Waals surface area (Å²) in [7, 11) is 0. The molecular formula is C12H12N4O4S. The number of thiazole rings is 1. The average Bonchev–Trinajstić information content (AvgIpc) is 2.84. The maximum Gasteiger partial charge on any atom is 0.339 e. The van der Waals surface area contributed by atoms with Gasteiger partial charge in [0.25, 0.3) is 5.69 Å². The van der Waals surface area contributed by atoms with Crippen molar-refractivity contribution >= 4 is 28.8 Å². The summed E-state index contributed by atoms with van der Waals surface area (Å²) in [5.74, 6) is -1.15. The van der Waals surface area contributed by atoms with Gasteiger partial charge in [0, 0.05) is 24.4 Å². The minimum atomic E-state index is -1.27. The zero-order chi connectivity index (χ0) is 15.4. The van der Waals surface area contributed by atoms with Crippen LogP contribution in [-0.4, -0.2) is 32.5 Å². The fraction of sp³-hybridized carbons (Fsp3) is 0.250. The van der Waals surface area contributed by atoms with E-state index in [0.29, 0.717) is 13.0 Å². The molecule has 0 saturated carbocycles. The van der Waals surface area contributed by atoms with E-state index < -0.39 is 10.9 Å². The van der Waals surface area contributed by atoms with Crippen LogP contribution in [0.4, 0.5) is 11.5 Å². The Kier molecular flexibility index (Phi) is 4.43. The molecule has 2 aromatic heterocycles. The van der Waals surface area contributed by atoms with Gasteiger partial charge < -0.3 is 10.4 Å². The predicted molar refractivity (Wildman–Crippen MR) is 76.9 cm³/mol. The topological polar surface area (TPSA) is 118 Å². The molecule has 0 amide bonds. The molecule has 2 N–H and O–H groups in total. The Labute approximate surface area is 123 Å². The summed E-state index contributed by atoms with van der Waals surface area (Å²) in [5.41, 5.74) is 0.329. The molecule has 2 rings (SSSR count). The number of aromatic carboxylic acids is 1. The molecule has 0 aliphatic rings. The van der Waals surface area contributed by atoms with Crippen molar-refractivity contribution in [3.05, 3.63) is 44.0 Å². The first-order valence-corrected chi connectivity index (χ1v) is 6.88. The van der Waals surface area contributed by atoms with Crippen LogP contribution in [0.15, 0.2) is 17.6 Å². The molecule has 9 heteroatoms. The van der Waals surface area contributed by atoms with Crippen molar-refractivity contribution in [1.82, 2.24) is 9.97 Å². The molecule has 8 nitrogen and oxygen atoms in total. The largest absolute Gasteiger partial charge is 0.478 e. The molecule has 0 fully saturated rings. The lowest BCUT2D eigenvalue weighted by molar-refractivity contribution is -0.385. The molecule has 21 heavy (non-hydrogen) atoms. The second-order valence-corrected chi connectivity index (χ2v) is 5.25. The number of hydrogen-bond acceptors (Lipinski definition) is 7. The molecule has 0 spiro atoms. The zero-order valence-corrected chi connectivity index (χ0v) is 11.9. The van der Waals surface area contributed by atoms with Gasteiger partial charge in [-0.3, -0.25) is 10.1 Å². The van der Waals surface area contributed by atoms with Crippen LogP contribution < -0.4 is 5.32 Å². The Morgan fingerprint density at radius 1 is 1.57 bits per heavy atom. The van der Waals surface area contributed by atoms with Gasteiger partial charge in [-0.1, -0.05) is 0 Å². The second-order valence-electron chi connectivity index (χ2n) is 4.19. The van der Waals surface area contributed by atoms with E-state index in [9.17, 15) is 14.9 Å². The second kappa shape index (κ2) is 6.27. The Morgan fingerprint density at radius 3 is 2.90 bits per heavy atom. The SMILES string of the molecule is Cc1nc(CCNc2ncc([N+](=O)[O-])cc2C(=O)O)cs1. The lowest BCUT2D eigenvalue weighted by Crippen LogP contribution is -2.12. The summed E-state index contributed by atoms with van der Waals surface area (Å²) >= 11 is 1.54. The van der Waals surface area contributed by atoms with E-state index in [4.69, 9.17) is 5.11 Å². The first-order valence-electron chi connectivity index (χ1n) is 6.00. The Morgan fingerprint density at radius 2 is 2.33 bits per heavy atom. The molecule has 2 aromatic rings. The molecule has 110 valence electrons. The van der Waals surface area contributed by atoms with E-state index >= 15 is 0 Å². The monoisotopic (exact) mass is 308 g/mol. The van der Waals surface area contributed by atoms with E-state index in [0.717, 1.165) is 23.0 Å². The van der Waals surface area contributed by atoms with Crippen LogP contribution in [0.1, 0.15) is 21.1 Å². The van der Waals surface area contributed by atoms with Crippen LogP contribution in [-0.2, 0) is 6.42 Å². The van der Waals surface area contributed by atoms with Gasteiger partial charge in [0.05, 0.1) is 15.6 Å². The maximum absolute atomic E-state index is 11.1. The highest BCUT2D eigenvalue weighted by Crippen LogP contribution is 2.19. The van der Waals surface area contributed by atoms with Crippen LogP contribution in [0.3, 0.4) is 0 Å². The van der Waals surface area contributed by atoms with E-state index in [1.54, 1.807) is 11.3 Å². The van der Waals surface area contributed by atoms with Crippen LogP contribution >= 0.6 is 11.3 Å². The Bertz CT molecular complexity index is 686. The fourth-order valence-corrected chi connectivity index (χ4v) is 2.34. The third kappa shape index (κ3) is 3.72. The predicted octanol–water partition coefficient (Wildman–Crippen LogP) is 2.11. The van der Waals surface area contributed by atoms with E-state index in [1.807, 2.05) is 12.3 Å². The number of aromatic nitrogens is 2. The van der Waals surface area contributed by atoms with Crippen molar-refractivity contribution < 1.29 is 14.8 Å². The number of anilines is 1. The third-order valence-corrected chi connectivity index (χ3v) is 3.48. The standard InChI is InChI=1S/C12H12N4O4S/c1-7-15-8(6-21-7)2-3-13-11-10(12(17)18)4-9(5-14-11)16(19)20/h4-6H,2-3H2,1H3,(H,13,14)(H,17,18). The summed E-state index contributed by atoms with van der Waals surface area (Å²) in [6, 6.07) is 0.991. The first kappa shape index (κ1) is 14.9. The quantitative estimate of drug-likeness (QED) is 0.619. The molecular weight excluding hydrogens is 296 g/mol. The highest BCUT2D eigenvalue weighted by Gasteiger charge is 2.17. The maximum atomic E-state index is 11.1. The third-order valence-electron chi connectivity index (χ3n) is 2.65. The van der Waals surface area contributed by atoms with Crippen molar-refractivity contribution in [2.24, 2.45) is 0 Å². The van der Waals surface area contributed by atoms with Crippen LogP contribution in [0.2, 0.25) is 0 Å². The van der Waals surface area contributed by atoms with Crippen molar-refractivity contribution in [1.29, 1.82) is 0 Å². The number of nitrogens with one attached hydrogen (secondary N) is 1. The van der Waals surface area contributed by atoms with Gasteiger partial charge in [0.2, 0.25) is 0 Å². The van der Waals surface area contributed by atoms with Crippen LogP contribution in [0, 0.1) is 17.0 Å². The van der Waals surface area contributed by atoms with Gasteiger partial charge in [-0.05, 0) is 6.92 Å². The molecule has 0 atom stereocenters. The number of carbonyl (C=O) groups is 1. The summed E-state index contributed by atoms with van der Waals surface area (Å²) in [6.45, 7) is 2.34. The van der Waals surface area contributed by atoms with Crippen molar-refractivity contribution in [3.63, 3.8) is 0 Å². The van der Waals surface area contributed by atoms with Gasteiger partial charge in [0.1, 0.15) is 17.6 Å². The molecule has 0 bridgehead atoms. The number of carboxylic acid groups (broad SMARTS) is 1. The molecule has 0 aromatic carbocycles. The van der Waals surface area contributed by atoms with Gasteiger partial charge >= 0.3 is 5.97 Å². The summed E-state index contributed by atoms with van der Waals surface area (Å²) < 4.78 is 0. The summed E-state index contributed by atoms with van der Waals surface area (Å²) in [6.07, 6.45) is 1.64. The zero-order valence-electron chi connectivity index (χ0n) is 11.1. The number of pyridine rings is 1. The Balaban J connectivity index is 2.08. The molecule has 0 saturated heterocycles. The number of nitro groups is 1. The molecule has 0 aliphatic heterocycles. The number of nitrogens with zero attached hydrogens (tertiary/aromatic N) is 3. The fourth-order valence-electron chi connectivity index (χ4n) is 1.69. The number of hydrogen-bond donors (Lipinski definition) is 2. The number of rotatable bonds is 6. The van der Waals surface area contributed by atoms with Crippen molar-refractivity contribution in [2.75, 3.05) is 11.9 Å². The minimum Gasteiger partial charge on any atom is -0.478 e. The average molecular weight is 308 g/mol. The van der Waals surface area contributed by atoms with E-state index in [-0.39, 0.29) is 17.1 Å². The molecule has 0 unspecified atom stereocenters. The van der Waals surface area contributed by atoms with Crippen LogP contribution in [0.5, 0.6) is 0 Å². The number of carboxylic acids is 1. The number of aryl methyl sites for hydroxylation is 1. The van der Waals surface area contributed by atoms with Crippen molar-refractivity contribution in [2.45, 2.75) is 13.3 Å². The minimum absolute atomic E-state index is 0.111. The first-order chi connectivity index (χ1) is 9.97. The normalized spacial score (nSPS) is 10.3. The Hall–Kier alpha value is -2.55. The van der Waals surface area contributed by atoms with Gasteiger partial charge in [0.15, 0.2) is 0 Å². The van der Waals surface area contributed by atoms with Crippen LogP contribution in [0.25, 0.3) is 0 Å². The summed E-state index contributed by atoms with van der Waals surface area (Å²) in [5, 5.41) is 25.5. The van der Waals surface area contributed by atoms with Crippen molar-refractivity contribution in [3.8, 4) is 0 Å². The lowest BCUT2D eigenvalue weighted by atomic mass is 10.2. The molecule has 0 radical (unpaired) electrons. The highest BCUT2D eigenvalue weighted by atomic mass is 32.1. The van der Waals surface area contributed by atoms with E-state index in [1.165, 1.54) is 0 Å². The van der Waals surface area contributed by atoms with Gasteiger partial charge in [-0.2, -0.15) is 0 Å². The lowest BCUT2D eigenvalue weighted by Gasteiger charge is -2.07. The van der Waals surface area contributed by atoms with Gasteiger partial charge in [-0.15, -0.1) is 11.3 Å². The highest BCUT2D eigenvalue weighted by molar-refractivity contribution is 7.09. The van der Waals surface area contributed by atoms with Gasteiger partial charge in [-0.25, -0.2) is 14.8 Å². The molecule has 2 heterocycles. The molecule has 0 aliphatic carbocycles. The van der Waals surface area contributed by atoms with E-state index in [2.05, 4.69) is 15.3 Å². The smallest absolute Gasteiger partial charge is 0.339 e. The summed E-state index contributed by atoms with van der Waals surface area (Å²) in [4.78, 5) is 29.2.